The molecular formula is C15H16N2O. The maximum absolute atomic E-state index is 10.9. The minimum atomic E-state index is 0.159. The molecule has 0 aliphatic carbocycles. The molecule has 0 saturated carbocycles. The van der Waals surface area contributed by atoms with Crippen LogP contribution in [0.1, 0.15) is 12.8 Å². The molecule has 1 aliphatic heterocycles. The van der Waals surface area contributed by atoms with E-state index in [2.05, 4.69) is 28.1 Å². The van der Waals surface area contributed by atoms with E-state index >= 15 is 0 Å². The Morgan fingerprint density at radius 3 is 3.00 bits per heavy atom. The molecule has 1 fully saturated rings. The van der Waals surface area contributed by atoms with Gasteiger partial charge < -0.3 is 9.69 Å². The molecule has 1 aromatic carbocycles. The molecule has 0 radical (unpaired) electrons. The molecule has 1 aromatic heterocycles. The largest absolute Gasteiger partial charge is 0.356 e. The summed E-state index contributed by atoms with van der Waals surface area (Å²) in [5.41, 5.74) is 1.02. The lowest BCUT2D eigenvalue weighted by Crippen LogP contribution is -2.36. The van der Waals surface area contributed by atoms with Crippen molar-refractivity contribution in [2.24, 2.45) is 5.92 Å². The standard InChI is InChI=1S/C15H16N2O/c18-11-12-4-3-9-17(10-12)15-8-7-13-5-1-2-6-14(13)16-15/h1-2,5-8,11-12H,3-4,9-10H2. The van der Waals surface area contributed by atoms with Gasteiger partial charge in [-0.05, 0) is 31.0 Å². The monoisotopic (exact) mass is 240 g/mol. The Hall–Kier alpha value is -1.90. The van der Waals surface area contributed by atoms with Crippen LogP contribution in [0, 0.1) is 5.92 Å². The van der Waals surface area contributed by atoms with Crippen molar-refractivity contribution in [3.05, 3.63) is 36.4 Å². The number of piperidine rings is 1. The summed E-state index contributed by atoms with van der Waals surface area (Å²) in [4.78, 5) is 17.8. The molecule has 2 heterocycles. The van der Waals surface area contributed by atoms with E-state index in [9.17, 15) is 4.79 Å². The van der Waals surface area contributed by atoms with Crippen molar-refractivity contribution in [3.8, 4) is 0 Å². The first-order chi connectivity index (χ1) is 8.86. The Morgan fingerprint density at radius 2 is 2.11 bits per heavy atom. The number of benzene rings is 1. The Balaban J connectivity index is 1.91. The first kappa shape index (κ1) is 11.2. The summed E-state index contributed by atoms with van der Waals surface area (Å²) in [7, 11) is 0. The van der Waals surface area contributed by atoms with Crippen LogP contribution in [0.15, 0.2) is 36.4 Å². The number of hydrogen-bond acceptors (Lipinski definition) is 3. The van der Waals surface area contributed by atoms with Gasteiger partial charge in [-0.2, -0.15) is 0 Å². The number of aldehydes is 1. The zero-order valence-electron chi connectivity index (χ0n) is 10.2. The fourth-order valence-electron chi connectivity index (χ4n) is 2.56. The molecule has 3 heteroatoms. The van der Waals surface area contributed by atoms with E-state index in [1.165, 1.54) is 0 Å². The second kappa shape index (κ2) is 4.77. The number of rotatable bonds is 2. The van der Waals surface area contributed by atoms with Crippen molar-refractivity contribution in [1.82, 2.24) is 4.98 Å². The number of hydrogen-bond donors (Lipinski definition) is 0. The molecule has 1 unspecified atom stereocenters. The molecule has 3 nitrogen and oxygen atoms in total. The molecule has 0 spiro atoms. The van der Waals surface area contributed by atoms with Crippen molar-refractivity contribution >= 4 is 23.0 Å². The Labute approximate surface area is 106 Å². The van der Waals surface area contributed by atoms with Crippen LogP contribution in [0.25, 0.3) is 10.9 Å². The molecule has 0 amide bonds. The summed E-state index contributed by atoms with van der Waals surface area (Å²) in [6.45, 7) is 1.80. The second-order valence-corrected chi connectivity index (χ2v) is 4.85. The molecule has 3 rings (SSSR count). The van der Waals surface area contributed by atoms with E-state index in [1.54, 1.807) is 0 Å². The quantitative estimate of drug-likeness (QED) is 0.757. The van der Waals surface area contributed by atoms with Gasteiger partial charge in [0.1, 0.15) is 12.1 Å². The van der Waals surface area contributed by atoms with Crippen LogP contribution in [0.3, 0.4) is 0 Å². The topological polar surface area (TPSA) is 33.2 Å². The maximum Gasteiger partial charge on any atom is 0.129 e. The summed E-state index contributed by atoms with van der Waals surface area (Å²) in [6, 6.07) is 12.3. The van der Waals surface area contributed by atoms with E-state index < -0.39 is 0 Å². The van der Waals surface area contributed by atoms with Crippen LogP contribution < -0.4 is 4.90 Å². The van der Waals surface area contributed by atoms with Gasteiger partial charge in [0, 0.05) is 24.4 Å². The third kappa shape index (κ3) is 2.08. The van der Waals surface area contributed by atoms with Crippen LogP contribution in [0.2, 0.25) is 0 Å². The average Bonchev–Trinajstić information content (AvgIpc) is 2.47. The molecular weight excluding hydrogens is 224 g/mol. The van der Waals surface area contributed by atoms with Gasteiger partial charge in [0.15, 0.2) is 0 Å². The van der Waals surface area contributed by atoms with Crippen molar-refractivity contribution in [3.63, 3.8) is 0 Å². The number of aromatic nitrogens is 1. The molecule has 0 bridgehead atoms. The van der Waals surface area contributed by atoms with Crippen LogP contribution >= 0.6 is 0 Å². The number of nitrogens with zero attached hydrogens (tertiary/aromatic N) is 2. The van der Waals surface area contributed by atoms with Crippen molar-refractivity contribution in [2.45, 2.75) is 12.8 Å². The first-order valence-electron chi connectivity index (χ1n) is 6.43. The van der Waals surface area contributed by atoms with E-state index in [0.29, 0.717) is 0 Å². The number of carbonyl (C=O) groups is 1. The minimum absolute atomic E-state index is 0.159. The summed E-state index contributed by atoms with van der Waals surface area (Å²) in [5, 5.41) is 1.16. The average molecular weight is 240 g/mol. The number of pyridine rings is 1. The number of carbonyl (C=O) groups excluding carboxylic acids is 1. The lowest BCUT2D eigenvalue weighted by atomic mass is 10.00. The van der Waals surface area contributed by atoms with Gasteiger partial charge in [0.2, 0.25) is 0 Å². The van der Waals surface area contributed by atoms with Crippen LogP contribution in [0.4, 0.5) is 5.82 Å². The van der Waals surface area contributed by atoms with Crippen LogP contribution in [-0.4, -0.2) is 24.4 Å². The zero-order chi connectivity index (χ0) is 12.4. The van der Waals surface area contributed by atoms with Crippen LogP contribution in [0.5, 0.6) is 0 Å². The molecule has 18 heavy (non-hydrogen) atoms. The number of fused-ring (bicyclic) bond motifs is 1. The molecule has 1 aliphatic rings. The Morgan fingerprint density at radius 1 is 1.22 bits per heavy atom. The van der Waals surface area contributed by atoms with Gasteiger partial charge in [-0.15, -0.1) is 0 Å². The fraction of sp³-hybridized carbons (Fsp3) is 0.333. The third-order valence-corrected chi connectivity index (χ3v) is 3.56. The van der Waals surface area contributed by atoms with Crippen molar-refractivity contribution in [2.75, 3.05) is 18.0 Å². The summed E-state index contributed by atoms with van der Waals surface area (Å²) < 4.78 is 0. The summed E-state index contributed by atoms with van der Waals surface area (Å²) >= 11 is 0. The van der Waals surface area contributed by atoms with E-state index in [-0.39, 0.29) is 5.92 Å². The van der Waals surface area contributed by atoms with Crippen molar-refractivity contribution < 1.29 is 4.79 Å². The van der Waals surface area contributed by atoms with Gasteiger partial charge in [-0.1, -0.05) is 18.2 Å². The molecule has 92 valence electrons. The van der Waals surface area contributed by atoms with Gasteiger partial charge in [0.25, 0.3) is 0 Å². The lowest BCUT2D eigenvalue weighted by molar-refractivity contribution is -0.111. The SMILES string of the molecule is O=CC1CCCN(c2ccc3ccccc3n2)C1. The second-order valence-electron chi connectivity index (χ2n) is 4.85. The Bertz CT molecular complexity index is 567. The highest BCUT2D eigenvalue weighted by Crippen LogP contribution is 2.22. The van der Waals surface area contributed by atoms with E-state index in [4.69, 9.17) is 0 Å². The van der Waals surface area contributed by atoms with Gasteiger partial charge in [-0.25, -0.2) is 4.98 Å². The van der Waals surface area contributed by atoms with E-state index in [0.717, 1.165) is 48.9 Å². The molecule has 1 saturated heterocycles. The van der Waals surface area contributed by atoms with Gasteiger partial charge in [-0.3, -0.25) is 0 Å². The molecule has 1 atom stereocenters. The highest BCUT2D eigenvalue weighted by Gasteiger charge is 2.20. The minimum Gasteiger partial charge on any atom is -0.356 e. The molecule has 2 aromatic rings. The summed E-state index contributed by atoms with van der Waals surface area (Å²) in [5.74, 6) is 1.15. The normalized spacial score (nSPS) is 20.0. The van der Waals surface area contributed by atoms with E-state index in [1.807, 2.05) is 18.2 Å². The predicted molar refractivity (Wildman–Crippen MR) is 72.7 cm³/mol. The van der Waals surface area contributed by atoms with Gasteiger partial charge in [0.05, 0.1) is 5.52 Å². The number of anilines is 1. The summed E-state index contributed by atoms with van der Waals surface area (Å²) in [6.07, 6.45) is 3.15. The molecule has 0 N–H and O–H groups in total. The highest BCUT2D eigenvalue weighted by atomic mass is 16.1. The first-order valence-corrected chi connectivity index (χ1v) is 6.43. The predicted octanol–water partition coefficient (Wildman–Crippen LogP) is 2.65. The van der Waals surface area contributed by atoms with Crippen LogP contribution in [-0.2, 0) is 4.79 Å². The lowest BCUT2D eigenvalue weighted by Gasteiger charge is -2.31. The highest BCUT2D eigenvalue weighted by molar-refractivity contribution is 5.80. The maximum atomic E-state index is 10.9. The third-order valence-electron chi connectivity index (χ3n) is 3.56. The number of para-hydroxylation sites is 1. The smallest absolute Gasteiger partial charge is 0.129 e. The van der Waals surface area contributed by atoms with Crippen molar-refractivity contribution in [1.29, 1.82) is 0 Å². The van der Waals surface area contributed by atoms with Gasteiger partial charge >= 0.3 is 0 Å². The Kier molecular flexibility index (Phi) is 2.97. The zero-order valence-corrected chi connectivity index (χ0v) is 10.2. The fourth-order valence-corrected chi connectivity index (χ4v) is 2.56.